The molecule has 5 nitrogen and oxygen atoms in total. The lowest BCUT2D eigenvalue weighted by Gasteiger charge is -2.36. The van der Waals surface area contributed by atoms with Crippen LogP contribution in [0.2, 0.25) is 0 Å². The number of halogens is 4. The number of rotatable bonds is 7. The topological polar surface area (TPSA) is 53.6 Å². The van der Waals surface area contributed by atoms with Gasteiger partial charge in [-0.05, 0) is 68.1 Å². The fourth-order valence-corrected chi connectivity index (χ4v) is 6.37. The summed E-state index contributed by atoms with van der Waals surface area (Å²) in [5, 5.41) is 6.66. The Labute approximate surface area is 218 Å². The second-order valence-electron chi connectivity index (χ2n) is 10.5. The Balaban J connectivity index is 1.05. The zero-order chi connectivity index (χ0) is 26.0. The summed E-state index contributed by atoms with van der Waals surface area (Å²) >= 11 is 1.58. The van der Waals surface area contributed by atoms with E-state index in [1.54, 1.807) is 16.2 Å². The van der Waals surface area contributed by atoms with Crippen LogP contribution in [0, 0.1) is 5.92 Å². The van der Waals surface area contributed by atoms with Gasteiger partial charge in [-0.1, -0.05) is 12.1 Å². The van der Waals surface area contributed by atoms with Crippen LogP contribution in [0.4, 0.5) is 22.4 Å². The van der Waals surface area contributed by atoms with Crippen LogP contribution in [0.15, 0.2) is 36.4 Å². The fraction of sp³-hybridized carbons (Fsp3) is 0.593. The van der Waals surface area contributed by atoms with Crippen LogP contribution in [0.1, 0.15) is 48.5 Å². The average molecular weight is 540 g/mol. The van der Waals surface area contributed by atoms with Crippen molar-refractivity contribution in [1.82, 2.24) is 15.5 Å². The Morgan fingerprint density at radius 2 is 1.81 bits per heavy atom. The Kier molecular flexibility index (Phi) is 7.79. The smallest absolute Gasteiger partial charge is 0.416 e. The Hall–Kier alpha value is -2.17. The van der Waals surface area contributed by atoms with Gasteiger partial charge in [0.1, 0.15) is 5.67 Å². The van der Waals surface area contributed by atoms with Gasteiger partial charge in [0.25, 0.3) is 0 Å². The van der Waals surface area contributed by atoms with Gasteiger partial charge in [-0.3, -0.25) is 0 Å². The van der Waals surface area contributed by atoms with E-state index in [9.17, 15) is 18.0 Å². The molecule has 3 heterocycles. The summed E-state index contributed by atoms with van der Waals surface area (Å²) in [7, 11) is 0. The van der Waals surface area contributed by atoms with Gasteiger partial charge in [0.2, 0.25) is 0 Å². The van der Waals surface area contributed by atoms with Crippen LogP contribution in [0.3, 0.4) is 0 Å². The molecular weight excluding hydrogens is 506 g/mol. The standard InChI is InChI=1S/C27H33F4N3O2S/c28-26(9-13-34(14-10-26)25(35)36-16-18-7-11-32-12-8-18)17-33-22-15-21(22)24-6-5-23(37-24)19-1-3-20(4-2-19)27(29,30)31/h1-6,18,21-22,32-33H,7-17H2. The molecule has 0 radical (unpaired) electrons. The summed E-state index contributed by atoms with van der Waals surface area (Å²) in [5.41, 5.74) is -1.24. The van der Waals surface area contributed by atoms with Gasteiger partial charge in [-0.2, -0.15) is 13.2 Å². The first kappa shape index (κ1) is 26.4. The highest BCUT2D eigenvalue weighted by molar-refractivity contribution is 7.15. The van der Waals surface area contributed by atoms with Crippen LogP contribution >= 0.6 is 11.3 Å². The quantitative estimate of drug-likeness (QED) is 0.436. The van der Waals surface area contributed by atoms with Crippen molar-refractivity contribution in [2.24, 2.45) is 5.92 Å². The molecule has 2 saturated heterocycles. The van der Waals surface area contributed by atoms with E-state index in [0.717, 1.165) is 59.8 Å². The minimum Gasteiger partial charge on any atom is -0.449 e. The third kappa shape index (κ3) is 6.64. The number of hydrogen-bond acceptors (Lipinski definition) is 5. The van der Waals surface area contributed by atoms with Crippen molar-refractivity contribution in [1.29, 1.82) is 0 Å². The average Bonchev–Trinajstić information content (AvgIpc) is 3.51. The summed E-state index contributed by atoms with van der Waals surface area (Å²) in [5.74, 6) is 0.696. The van der Waals surface area contributed by atoms with Gasteiger partial charge >= 0.3 is 12.3 Å². The second kappa shape index (κ2) is 10.9. The van der Waals surface area contributed by atoms with Crippen LogP contribution in [-0.4, -0.2) is 62.0 Å². The number of nitrogens with zero attached hydrogens (tertiary/aromatic N) is 1. The number of thiophene rings is 1. The van der Waals surface area contributed by atoms with Crippen molar-refractivity contribution >= 4 is 17.4 Å². The summed E-state index contributed by atoms with van der Waals surface area (Å²) < 4.78 is 59.3. The minimum absolute atomic E-state index is 0.194. The van der Waals surface area contributed by atoms with Gasteiger partial charge in [0.15, 0.2) is 0 Å². The predicted octanol–water partition coefficient (Wildman–Crippen LogP) is 5.82. The number of alkyl halides is 4. The van der Waals surface area contributed by atoms with Gasteiger partial charge < -0.3 is 20.3 Å². The number of carbonyl (C=O) groups is 1. The van der Waals surface area contributed by atoms with E-state index >= 15 is 4.39 Å². The second-order valence-corrected chi connectivity index (χ2v) is 11.6. The first-order chi connectivity index (χ1) is 17.7. The first-order valence-electron chi connectivity index (χ1n) is 13.0. The molecule has 2 aromatic rings. The lowest BCUT2D eigenvalue weighted by Crippen LogP contribution is -2.49. The van der Waals surface area contributed by atoms with Crippen molar-refractivity contribution in [3.63, 3.8) is 0 Å². The maximum absolute atomic E-state index is 15.4. The third-order valence-electron chi connectivity index (χ3n) is 7.78. The van der Waals surface area contributed by atoms with Crippen molar-refractivity contribution in [3.05, 3.63) is 46.8 Å². The van der Waals surface area contributed by atoms with E-state index in [4.69, 9.17) is 4.74 Å². The number of likely N-dealkylation sites (tertiary alicyclic amines) is 1. The number of nitrogens with one attached hydrogen (secondary N) is 2. The molecule has 1 aliphatic carbocycles. The summed E-state index contributed by atoms with van der Waals surface area (Å²) in [4.78, 5) is 16.1. The summed E-state index contributed by atoms with van der Waals surface area (Å²) in [6, 6.07) is 9.37. The molecular formula is C27H33F4N3O2S. The zero-order valence-electron chi connectivity index (χ0n) is 20.7. The lowest BCUT2D eigenvalue weighted by atomic mass is 9.93. The predicted molar refractivity (Wildman–Crippen MR) is 135 cm³/mol. The van der Waals surface area contributed by atoms with Gasteiger partial charge in [-0.15, -0.1) is 11.3 Å². The molecule has 37 heavy (non-hydrogen) atoms. The summed E-state index contributed by atoms with van der Waals surface area (Å²) in [6.45, 7) is 3.32. The number of hydrogen-bond donors (Lipinski definition) is 2. The van der Waals surface area contributed by atoms with Crippen molar-refractivity contribution in [2.75, 3.05) is 39.3 Å². The molecule has 3 fully saturated rings. The minimum atomic E-state index is -4.34. The zero-order valence-corrected chi connectivity index (χ0v) is 21.5. The van der Waals surface area contributed by atoms with E-state index in [0.29, 0.717) is 31.5 Å². The number of amides is 1. The Bertz CT molecular complexity index is 1060. The van der Waals surface area contributed by atoms with E-state index in [1.165, 1.54) is 12.1 Å². The van der Waals surface area contributed by atoms with Gasteiger partial charge in [0.05, 0.1) is 12.2 Å². The van der Waals surface area contributed by atoms with E-state index in [2.05, 4.69) is 10.6 Å². The van der Waals surface area contributed by atoms with E-state index in [1.807, 2.05) is 12.1 Å². The highest BCUT2D eigenvalue weighted by Gasteiger charge is 2.43. The molecule has 0 spiro atoms. The van der Waals surface area contributed by atoms with E-state index < -0.39 is 17.4 Å². The SMILES string of the molecule is O=C(OCC1CCNCC1)N1CCC(F)(CNC2CC2c2ccc(-c3ccc(C(F)(F)F)cc3)s2)CC1. The number of carbonyl (C=O) groups excluding carboxylic acids is 1. The fourth-order valence-electron chi connectivity index (χ4n) is 5.18. The normalized spacial score (nSPS) is 24.2. The van der Waals surface area contributed by atoms with Crippen molar-refractivity contribution in [3.8, 4) is 10.4 Å². The van der Waals surface area contributed by atoms with Crippen LogP contribution in [-0.2, 0) is 10.9 Å². The molecule has 202 valence electrons. The maximum Gasteiger partial charge on any atom is 0.416 e. The molecule has 1 aromatic carbocycles. The molecule has 10 heteroatoms. The number of benzene rings is 1. The number of ether oxygens (including phenoxy) is 1. The molecule has 3 aliphatic rings. The third-order valence-corrected chi connectivity index (χ3v) is 9.05. The largest absolute Gasteiger partial charge is 0.449 e. The van der Waals surface area contributed by atoms with Crippen molar-refractivity contribution < 1.29 is 27.1 Å². The van der Waals surface area contributed by atoms with Crippen molar-refractivity contribution in [2.45, 2.75) is 55.9 Å². The molecule has 2 unspecified atom stereocenters. The van der Waals surface area contributed by atoms with Gasteiger partial charge in [-0.25, -0.2) is 9.18 Å². The summed E-state index contributed by atoms with van der Waals surface area (Å²) in [6.07, 6.45) is -1.16. The molecule has 0 bridgehead atoms. The highest BCUT2D eigenvalue weighted by atomic mass is 32.1. The number of piperidine rings is 2. The van der Waals surface area contributed by atoms with Crippen LogP contribution in [0.5, 0.6) is 0 Å². The molecule has 2 N–H and O–H groups in total. The van der Waals surface area contributed by atoms with Crippen LogP contribution < -0.4 is 10.6 Å². The van der Waals surface area contributed by atoms with Crippen LogP contribution in [0.25, 0.3) is 10.4 Å². The lowest BCUT2D eigenvalue weighted by molar-refractivity contribution is -0.137. The van der Waals surface area contributed by atoms with Gasteiger partial charge in [0, 0.05) is 54.2 Å². The monoisotopic (exact) mass is 539 g/mol. The molecule has 2 aliphatic heterocycles. The molecule has 1 saturated carbocycles. The Morgan fingerprint density at radius 3 is 2.49 bits per heavy atom. The molecule has 2 atom stereocenters. The maximum atomic E-state index is 15.4. The highest BCUT2D eigenvalue weighted by Crippen LogP contribution is 2.46. The first-order valence-corrected chi connectivity index (χ1v) is 13.8. The molecule has 1 aromatic heterocycles. The van der Waals surface area contributed by atoms with E-state index in [-0.39, 0.29) is 31.5 Å². The molecule has 5 rings (SSSR count). The Morgan fingerprint density at radius 1 is 1.11 bits per heavy atom. The molecule has 1 amide bonds.